The molecule has 1 aromatic carbocycles. The molecule has 1 unspecified atom stereocenters. The summed E-state index contributed by atoms with van der Waals surface area (Å²) in [6.07, 6.45) is 0.207. The van der Waals surface area contributed by atoms with Crippen molar-refractivity contribution in [2.24, 2.45) is 5.73 Å². The summed E-state index contributed by atoms with van der Waals surface area (Å²) in [6, 6.07) is 5.45. The predicted molar refractivity (Wildman–Crippen MR) is 76.4 cm³/mol. The smallest absolute Gasteiger partial charge is 0.261 e. The Morgan fingerprint density at radius 3 is 2.90 bits per heavy atom. The highest BCUT2D eigenvalue weighted by atomic mass is 19.3. The summed E-state index contributed by atoms with van der Waals surface area (Å²) < 4.78 is 28.7. The highest BCUT2D eigenvalue weighted by molar-refractivity contribution is 5.92. The van der Waals surface area contributed by atoms with Gasteiger partial charge in [0.1, 0.15) is 6.61 Å². The lowest BCUT2D eigenvalue weighted by molar-refractivity contribution is -0.116. The van der Waals surface area contributed by atoms with Crippen LogP contribution >= 0.6 is 0 Å². The maximum atomic E-state index is 12.0. The largest absolute Gasteiger partial charge is 0.375 e. The second kappa shape index (κ2) is 7.47. The second-order valence-electron chi connectivity index (χ2n) is 5.18. The van der Waals surface area contributed by atoms with Gasteiger partial charge in [0.05, 0.1) is 0 Å². The number of hydrogen-bond donors (Lipinski definition) is 2. The minimum atomic E-state index is -2.45. The molecule has 1 heterocycles. The van der Waals surface area contributed by atoms with E-state index in [0.29, 0.717) is 12.8 Å². The molecule has 1 aliphatic heterocycles. The van der Waals surface area contributed by atoms with Gasteiger partial charge in [0.15, 0.2) is 0 Å². The highest BCUT2D eigenvalue weighted by Crippen LogP contribution is 2.26. The van der Waals surface area contributed by atoms with Gasteiger partial charge in [-0.05, 0) is 36.5 Å². The molecule has 0 saturated heterocycles. The molecule has 0 bridgehead atoms. The molecule has 4 nitrogen and oxygen atoms in total. The second-order valence-corrected chi connectivity index (χ2v) is 5.18. The first-order valence-corrected chi connectivity index (χ1v) is 7.10. The minimum Gasteiger partial charge on any atom is -0.375 e. The molecule has 1 aliphatic rings. The van der Waals surface area contributed by atoms with Crippen LogP contribution in [0.2, 0.25) is 0 Å². The molecule has 21 heavy (non-hydrogen) atoms. The van der Waals surface area contributed by atoms with Gasteiger partial charge in [-0.2, -0.15) is 0 Å². The Balaban J connectivity index is 1.94. The van der Waals surface area contributed by atoms with Crippen LogP contribution in [-0.4, -0.2) is 25.5 Å². The zero-order valence-electron chi connectivity index (χ0n) is 11.8. The Morgan fingerprint density at radius 2 is 2.14 bits per heavy atom. The van der Waals surface area contributed by atoms with E-state index in [4.69, 9.17) is 10.5 Å². The van der Waals surface area contributed by atoms with Gasteiger partial charge in [-0.25, -0.2) is 8.78 Å². The van der Waals surface area contributed by atoms with Crippen LogP contribution in [-0.2, 0) is 16.0 Å². The topological polar surface area (TPSA) is 64.3 Å². The van der Waals surface area contributed by atoms with E-state index in [1.807, 2.05) is 18.2 Å². The van der Waals surface area contributed by atoms with E-state index in [1.165, 1.54) is 0 Å². The molecule has 1 atom stereocenters. The molecule has 0 aliphatic carbocycles. The molecule has 6 heteroatoms. The number of amides is 1. The van der Waals surface area contributed by atoms with Gasteiger partial charge in [0, 0.05) is 24.8 Å². The van der Waals surface area contributed by atoms with Crippen LogP contribution in [0.25, 0.3) is 0 Å². The standard InChI is InChI=1S/C15H20F2N2O2/c16-14(17)9-21-7-6-12(18)10-4-5-13-11(8-10)2-1-3-15(20)19-13/h4-5,8,12,14H,1-3,6-7,9,18H2,(H,19,20). The van der Waals surface area contributed by atoms with Crippen molar-refractivity contribution in [1.29, 1.82) is 0 Å². The minimum absolute atomic E-state index is 0.0335. The van der Waals surface area contributed by atoms with E-state index < -0.39 is 13.0 Å². The zero-order valence-corrected chi connectivity index (χ0v) is 11.8. The summed E-state index contributed by atoms with van der Waals surface area (Å²) in [5.74, 6) is 0.0335. The third kappa shape index (κ3) is 4.75. The third-order valence-corrected chi connectivity index (χ3v) is 3.50. The molecule has 0 radical (unpaired) electrons. The van der Waals surface area contributed by atoms with Crippen LogP contribution in [0.1, 0.15) is 36.4 Å². The van der Waals surface area contributed by atoms with Crippen molar-refractivity contribution in [1.82, 2.24) is 0 Å². The molecule has 2 rings (SSSR count). The molecule has 116 valence electrons. The first kappa shape index (κ1) is 15.9. The fourth-order valence-corrected chi connectivity index (χ4v) is 2.37. The lowest BCUT2D eigenvalue weighted by Crippen LogP contribution is -2.15. The van der Waals surface area contributed by atoms with Gasteiger partial charge in [0.2, 0.25) is 5.91 Å². The SMILES string of the molecule is NC(CCOCC(F)F)c1ccc2c(c1)CCCC(=O)N2. The number of rotatable bonds is 6. The van der Waals surface area contributed by atoms with E-state index in [0.717, 1.165) is 29.7 Å². The highest BCUT2D eigenvalue weighted by Gasteiger charge is 2.15. The summed E-state index contributed by atoms with van der Waals surface area (Å²) in [4.78, 5) is 11.5. The average molecular weight is 298 g/mol. The van der Waals surface area contributed by atoms with E-state index in [2.05, 4.69) is 5.32 Å². The maximum absolute atomic E-state index is 12.0. The lowest BCUT2D eigenvalue weighted by atomic mass is 9.99. The predicted octanol–water partition coefficient (Wildman–Crippen LogP) is 2.63. The van der Waals surface area contributed by atoms with E-state index >= 15 is 0 Å². The number of anilines is 1. The van der Waals surface area contributed by atoms with Crippen molar-refractivity contribution >= 4 is 11.6 Å². The van der Waals surface area contributed by atoms with E-state index in [-0.39, 0.29) is 18.6 Å². The van der Waals surface area contributed by atoms with Gasteiger partial charge >= 0.3 is 0 Å². The number of aryl methyl sites for hydroxylation is 1. The van der Waals surface area contributed by atoms with Crippen LogP contribution in [0.4, 0.5) is 14.5 Å². The van der Waals surface area contributed by atoms with Gasteiger partial charge < -0.3 is 15.8 Å². The number of halogens is 2. The monoisotopic (exact) mass is 298 g/mol. The first-order valence-electron chi connectivity index (χ1n) is 7.10. The Hall–Kier alpha value is -1.53. The number of alkyl halides is 2. The van der Waals surface area contributed by atoms with Crippen molar-refractivity contribution in [3.05, 3.63) is 29.3 Å². The zero-order chi connectivity index (χ0) is 15.2. The van der Waals surface area contributed by atoms with Crippen molar-refractivity contribution in [2.45, 2.75) is 38.2 Å². The first-order chi connectivity index (χ1) is 10.1. The number of nitrogens with one attached hydrogen (secondary N) is 1. The van der Waals surface area contributed by atoms with Gasteiger partial charge in [-0.15, -0.1) is 0 Å². The Kier molecular flexibility index (Phi) is 5.64. The number of carbonyl (C=O) groups is 1. The third-order valence-electron chi connectivity index (χ3n) is 3.50. The molecule has 0 spiro atoms. The van der Waals surface area contributed by atoms with Gasteiger partial charge in [0.25, 0.3) is 6.43 Å². The van der Waals surface area contributed by atoms with Crippen LogP contribution in [0.3, 0.4) is 0 Å². The van der Waals surface area contributed by atoms with E-state index in [9.17, 15) is 13.6 Å². The fraction of sp³-hybridized carbons (Fsp3) is 0.533. The summed E-state index contributed by atoms with van der Waals surface area (Å²) >= 11 is 0. The number of fused-ring (bicyclic) bond motifs is 1. The maximum Gasteiger partial charge on any atom is 0.261 e. The number of hydrogen-bond acceptors (Lipinski definition) is 3. The normalized spacial score (nSPS) is 16.3. The Morgan fingerprint density at radius 1 is 1.33 bits per heavy atom. The van der Waals surface area contributed by atoms with Crippen molar-refractivity contribution in [3.63, 3.8) is 0 Å². The summed E-state index contributed by atoms with van der Waals surface area (Å²) in [5, 5.41) is 2.87. The average Bonchev–Trinajstić information content (AvgIpc) is 2.62. The van der Waals surface area contributed by atoms with Gasteiger partial charge in [-0.1, -0.05) is 12.1 Å². The van der Waals surface area contributed by atoms with Crippen LogP contribution in [0.15, 0.2) is 18.2 Å². The lowest BCUT2D eigenvalue weighted by Gasteiger charge is -2.15. The van der Waals surface area contributed by atoms with Crippen LogP contribution < -0.4 is 11.1 Å². The summed E-state index contributed by atoms with van der Waals surface area (Å²) in [5.41, 5.74) is 8.90. The quantitative estimate of drug-likeness (QED) is 0.794. The van der Waals surface area contributed by atoms with Gasteiger partial charge in [-0.3, -0.25) is 4.79 Å². The number of nitrogens with two attached hydrogens (primary N) is 1. The molecule has 1 aromatic rings. The molecule has 1 amide bonds. The molecular formula is C15H20F2N2O2. The van der Waals surface area contributed by atoms with Crippen LogP contribution in [0, 0.1) is 0 Å². The van der Waals surface area contributed by atoms with Crippen LogP contribution in [0.5, 0.6) is 0 Å². The molecule has 3 N–H and O–H groups in total. The fourth-order valence-electron chi connectivity index (χ4n) is 2.37. The summed E-state index contributed by atoms with van der Waals surface area (Å²) in [6.45, 7) is -0.345. The Bertz CT molecular complexity index is 495. The van der Waals surface area contributed by atoms with E-state index in [1.54, 1.807) is 0 Å². The van der Waals surface area contributed by atoms with Crippen molar-refractivity contribution in [3.8, 4) is 0 Å². The van der Waals surface area contributed by atoms with Crippen molar-refractivity contribution < 1.29 is 18.3 Å². The number of ether oxygens (including phenoxy) is 1. The number of carbonyl (C=O) groups excluding carboxylic acids is 1. The molecule has 0 saturated carbocycles. The molecule has 0 aromatic heterocycles. The van der Waals surface area contributed by atoms with Crippen molar-refractivity contribution in [2.75, 3.05) is 18.5 Å². The summed E-state index contributed by atoms with van der Waals surface area (Å²) in [7, 11) is 0. The number of benzene rings is 1. The Labute approximate surface area is 122 Å². The molecular weight excluding hydrogens is 278 g/mol. The molecule has 0 fully saturated rings.